The molecule has 2 rings (SSSR count). The third-order valence-electron chi connectivity index (χ3n) is 1.91. The number of hydrogen-bond donors (Lipinski definition) is 0. The Morgan fingerprint density at radius 2 is 2.00 bits per heavy atom. The second kappa shape index (κ2) is 4.31. The van der Waals surface area contributed by atoms with Gasteiger partial charge < -0.3 is 0 Å². The Morgan fingerprint density at radius 1 is 1.27 bits per heavy atom. The highest BCUT2D eigenvalue weighted by Gasteiger charge is 2.06. The van der Waals surface area contributed by atoms with Crippen molar-refractivity contribution in [1.82, 2.24) is 15.0 Å². The molecule has 0 amide bonds. The Morgan fingerprint density at radius 3 is 2.73 bits per heavy atom. The predicted molar refractivity (Wildman–Crippen MR) is 54.0 cm³/mol. The maximum Gasteiger partial charge on any atom is 0.222 e. The Hall–Kier alpha value is -1.55. The van der Waals surface area contributed by atoms with Crippen molar-refractivity contribution in [1.29, 1.82) is 0 Å². The van der Waals surface area contributed by atoms with E-state index in [9.17, 15) is 4.39 Å². The molecule has 0 saturated heterocycles. The first-order chi connectivity index (χ1) is 7.25. The molecular formula is C10H7ClFN3. The highest BCUT2D eigenvalue weighted by Crippen LogP contribution is 2.11. The monoisotopic (exact) mass is 223 g/mol. The lowest BCUT2D eigenvalue weighted by Crippen LogP contribution is -1.98. The summed E-state index contributed by atoms with van der Waals surface area (Å²) in [4.78, 5) is 11.2. The molecule has 76 valence electrons. The van der Waals surface area contributed by atoms with Gasteiger partial charge in [0.1, 0.15) is 0 Å². The highest BCUT2D eigenvalue weighted by atomic mass is 35.5. The van der Waals surface area contributed by atoms with Crippen LogP contribution >= 0.6 is 11.6 Å². The topological polar surface area (TPSA) is 38.7 Å². The van der Waals surface area contributed by atoms with E-state index in [0.717, 1.165) is 11.8 Å². The number of halogens is 2. The summed E-state index contributed by atoms with van der Waals surface area (Å²) in [6.45, 7) is 0. The predicted octanol–water partition coefficient (Wildman–Crippen LogP) is 2.25. The zero-order valence-corrected chi connectivity index (χ0v) is 8.45. The van der Waals surface area contributed by atoms with Crippen molar-refractivity contribution in [3.05, 3.63) is 53.1 Å². The Balaban J connectivity index is 2.28. The van der Waals surface area contributed by atoms with E-state index in [4.69, 9.17) is 11.6 Å². The van der Waals surface area contributed by atoms with Crippen LogP contribution in [0.1, 0.15) is 11.3 Å². The minimum Gasteiger partial charge on any atom is -0.265 e. The van der Waals surface area contributed by atoms with Gasteiger partial charge in [0.2, 0.25) is 5.28 Å². The van der Waals surface area contributed by atoms with E-state index in [1.807, 2.05) is 0 Å². The zero-order valence-electron chi connectivity index (χ0n) is 7.69. The van der Waals surface area contributed by atoms with Crippen molar-refractivity contribution in [2.45, 2.75) is 6.42 Å². The Kier molecular flexibility index (Phi) is 2.87. The standard InChI is InChI=1S/C10H7ClFN3/c11-10-14-6-8(12)9(15-10)5-7-1-3-13-4-2-7/h1-4,6H,5H2. The fourth-order valence-electron chi connectivity index (χ4n) is 1.20. The summed E-state index contributed by atoms with van der Waals surface area (Å²) >= 11 is 5.58. The van der Waals surface area contributed by atoms with Crippen molar-refractivity contribution in [3.8, 4) is 0 Å². The van der Waals surface area contributed by atoms with Crippen molar-refractivity contribution in [3.63, 3.8) is 0 Å². The van der Waals surface area contributed by atoms with Gasteiger partial charge in [0.15, 0.2) is 5.82 Å². The van der Waals surface area contributed by atoms with Crippen LogP contribution in [0.4, 0.5) is 4.39 Å². The van der Waals surface area contributed by atoms with Crippen LogP contribution in [0.3, 0.4) is 0 Å². The summed E-state index contributed by atoms with van der Waals surface area (Å²) < 4.78 is 13.3. The Bertz CT molecular complexity index is 461. The summed E-state index contributed by atoms with van der Waals surface area (Å²) in [5.41, 5.74) is 1.22. The molecule has 0 aliphatic rings. The van der Waals surface area contributed by atoms with Crippen molar-refractivity contribution in [2.24, 2.45) is 0 Å². The number of aromatic nitrogens is 3. The van der Waals surface area contributed by atoms with E-state index in [1.165, 1.54) is 0 Å². The smallest absolute Gasteiger partial charge is 0.222 e. The van der Waals surface area contributed by atoms with Crippen LogP contribution < -0.4 is 0 Å². The van der Waals surface area contributed by atoms with Gasteiger partial charge in [-0.05, 0) is 29.3 Å². The molecule has 0 saturated carbocycles. The SMILES string of the molecule is Fc1cnc(Cl)nc1Cc1ccncc1. The fraction of sp³-hybridized carbons (Fsp3) is 0.100. The van der Waals surface area contributed by atoms with Crippen LogP contribution in [0, 0.1) is 5.82 Å². The first-order valence-electron chi connectivity index (χ1n) is 4.31. The number of rotatable bonds is 2. The molecule has 5 heteroatoms. The van der Waals surface area contributed by atoms with Crippen LogP contribution in [-0.4, -0.2) is 15.0 Å². The molecule has 3 nitrogen and oxygen atoms in total. The van der Waals surface area contributed by atoms with E-state index < -0.39 is 5.82 Å². The number of pyridine rings is 1. The molecule has 0 aliphatic carbocycles. The highest BCUT2D eigenvalue weighted by molar-refractivity contribution is 6.28. The van der Waals surface area contributed by atoms with Crippen LogP contribution in [0.15, 0.2) is 30.7 Å². The van der Waals surface area contributed by atoms with Gasteiger partial charge in [-0.25, -0.2) is 14.4 Å². The molecular weight excluding hydrogens is 217 g/mol. The molecule has 0 aromatic carbocycles. The van der Waals surface area contributed by atoms with Crippen LogP contribution in [0.2, 0.25) is 5.28 Å². The van der Waals surface area contributed by atoms with E-state index in [-0.39, 0.29) is 5.28 Å². The Labute approximate surface area is 91.0 Å². The molecule has 0 radical (unpaired) electrons. The summed E-state index contributed by atoms with van der Waals surface area (Å²) in [6.07, 6.45) is 4.76. The lowest BCUT2D eigenvalue weighted by Gasteiger charge is -2.01. The van der Waals surface area contributed by atoms with Crippen molar-refractivity contribution in [2.75, 3.05) is 0 Å². The first kappa shape index (κ1) is 9.98. The lowest BCUT2D eigenvalue weighted by molar-refractivity contribution is 0.595. The molecule has 15 heavy (non-hydrogen) atoms. The van der Waals surface area contributed by atoms with Crippen LogP contribution in [0.25, 0.3) is 0 Å². The summed E-state index contributed by atoms with van der Waals surface area (Å²) in [7, 11) is 0. The molecule has 0 bridgehead atoms. The van der Waals surface area contributed by atoms with E-state index in [0.29, 0.717) is 12.1 Å². The normalized spacial score (nSPS) is 10.3. The lowest BCUT2D eigenvalue weighted by atomic mass is 10.1. The van der Waals surface area contributed by atoms with Gasteiger partial charge in [-0.3, -0.25) is 4.98 Å². The molecule has 0 unspecified atom stereocenters. The van der Waals surface area contributed by atoms with E-state index in [2.05, 4.69) is 15.0 Å². The molecule has 2 heterocycles. The quantitative estimate of drug-likeness (QED) is 0.733. The molecule has 0 spiro atoms. The van der Waals surface area contributed by atoms with Crippen molar-refractivity contribution >= 4 is 11.6 Å². The van der Waals surface area contributed by atoms with Crippen LogP contribution in [0.5, 0.6) is 0 Å². The van der Waals surface area contributed by atoms with E-state index >= 15 is 0 Å². The zero-order chi connectivity index (χ0) is 10.7. The average Bonchev–Trinajstić information content (AvgIpc) is 2.25. The minimum atomic E-state index is -0.448. The van der Waals surface area contributed by atoms with Crippen molar-refractivity contribution < 1.29 is 4.39 Å². The first-order valence-corrected chi connectivity index (χ1v) is 4.69. The fourth-order valence-corrected chi connectivity index (χ4v) is 1.35. The third kappa shape index (κ3) is 2.47. The van der Waals surface area contributed by atoms with Gasteiger partial charge in [-0.15, -0.1) is 0 Å². The average molecular weight is 224 g/mol. The number of hydrogen-bond acceptors (Lipinski definition) is 3. The summed E-state index contributed by atoms with van der Waals surface area (Å²) in [6, 6.07) is 3.60. The molecule has 2 aromatic heterocycles. The second-order valence-corrected chi connectivity index (χ2v) is 3.30. The van der Waals surface area contributed by atoms with Gasteiger partial charge in [-0.1, -0.05) is 0 Å². The molecule has 0 aliphatic heterocycles. The van der Waals surface area contributed by atoms with Crippen LogP contribution in [-0.2, 0) is 6.42 Å². The van der Waals surface area contributed by atoms with Gasteiger partial charge >= 0.3 is 0 Å². The van der Waals surface area contributed by atoms with Gasteiger partial charge in [0, 0.05) is 18.8 Å². The largest absolute Gasteiger partial charge is 0.265 e. The molecule has 0 N–H and O–H groups in total. The molecule has 2 aromatic rings. The summed E-state index contributed by atoms with van der Waals surface area (Å²) in [5, 5.41) is 0.0560. The van der Waals surface area contributed by atoms with E-state index in [1.54, 1.807) is 24.5 Å². The maximum absolute atomic E-state index is 13.3. The van der Waals surface area contributed by atoms with Gasteiger partial charge in [0.25, 0.3) is 0 Å². The van der Waals surface area contributed by atoms with Gasteiger partial charge in [-0.2, -0.15) is 0 Å². The number of nitrogens with zero attached hydrogens (tertiary/aromatic N) is 3. The minimum absolute atomic E-state index is 0.0560. The molecule has 0 atom stereocenters. The third-order valence-corrected chi connectivity index (χ3v) is 2.09. The van der Waals surface area contributed by atoms with Gasteiger partial charge in [0.05, 0.1) is 11.9 Å². The molecule has 0 fully saturated rings. The maximum atomic E-state index is 13.3. The summed E-state index contributed by atoms with van der Waals surface area (Å²) in [5.74, 6) is -0.448. The second-order valence-electron chi connectivity index (χ2n) is 2.97.